The first-order valence-corrected chi connectivity index (χ1v) is 8.50. The third kappa shape index (κ3) is 1.05. The monoisotopic (exact) mass is 298 g/mol. The molecular formula is C17H18N2OS. The van der Waals surface area contributed by atoms with E-state index in [2.05, 4.69) is 30.2 Å². The number of nitrogens with zero attached hydrogens (tertiary/aromatic N) is 1. The first kappa shape index (κ1) is 12.2. The Morgan fingerprint density at radius 3 is 2.86 bits per heavy atom. The predicted molar refractivity (Wildman–Crippen MR) is 84.2 cm³/mol. The normalized spacial score (nSPS) is 42.5. The van der Waals surface area contributed by atoms with Crippen LogP contribution in [0.15, 0.2) is 24.3 Å². The SMILES string of the molecule is CC12CC3(C(=O)Nc4nc5ccccc5s4)[C@H]1CC[C@]23C. The summed E-state index contributed by atoms with van der Waals surface area (Å²) in [6, 6.07) is 8.04. The van der Waals surface area contributed by atoms with Gasteiger partial charge < -0.3 is 5.32 Å². The molecule has 4 bridgehead atoms. The van der Waals surface area contributed by atoms with E-state index < -0.39 is 0 Å². The molecule has 21 heavy (non-hydrogen) atoms. The number of benzene rings is 1. The molecule has 1 aromatic heterocycles. The summed E-state index contributed by atoms with van der Waals surface area (Å²) < 4.78 is 1.13. The van der Waals surface area contributed by atoms with Crippen molar-refractivity contribution in [1.82, 2.24) is 4.98 Å². The number of fused-ring (bicyclic) bond motifs is 2. The fourth-order valence-corrected chi connectivity index (χ4v) is 6.71. The second kappa shape index (κ2) is 3.32. The number of para-hydroxylation sites is 1. The number of aromatic nitrogens is 1. The molecule has 5 aliphatic rings. The molecule has 3 nitrogen and oxygen atoms in total. The highest BCUT2D eigenvalue weighted by Gasteiger charge is 2.91. The van der Waals surface area contributed by atoms with Crippen LogP contribution in [0.5, 0.6) is 0 Å². The number of hydrogen-bond acceptors (Lipinski definition) is 3. The molecule has 0 spiro atoms. The van der Waals surface area contributed by atoms with Crippen molar-refractivity contribution >= 4 is 32.6 Å². The molecule has 5 aliphatic carbocycles. The van der Waals surface area contributed by atoms with Crippen LogP contribution in [0.3, 0.4) is 0 Å². The Morgan fingerprint density at radius 2 is 2.19 bits per heavy atom. The van der Waals surface area contributed by atoms with Gasteiger partial charge in [0.15, 0.2) is 5.13 Å². The highest BCUT2D eigenvalue weighted by atomic mass is 32.1. The molecule has 1 amide bonds. The van der Waals surface area contributed by atoms with Gasteiger partial charge in [0.05, 0.1) is 15.6 Å². The highest BCUT2D eigenvalue weighted by Crippen LogP contribution is 2.93. The van der Waals surface area contributed by atoms with Crippen molar-refractivity contribution in [2.45, 2.75) is 33.1 Å². The van der Waals surface area contributed by atoms with E-state index in [4.69, 9.17) is 0 Å². The number of anilines is 1. The zero-order valence-electron chi connectivity index (χ0n) is 12.3. The second-order valence-electron chi connectivity index (χ2n) is 7.43. The van der Waals surface area contributed by atoms with Crippen molar-refractivity contribution in [3.63, 3.8) is 0 Å². The minimum absolute atomic E-state index is 0.0976. The number of hydrogen-bond donors (Lipinski definition) is 1. The summed E-state index contributed by atoms with van der Waals surface area (Å²) in [5.41, 5.74) is 1.53. The van der Waals surface area contributed by atoms with E-state index in [-0.39, 0.29) is 16.7 Å². The van der Waals surface area contributed by atoms with E-state index >= 15 is 0 Å². The zero-order chi connectivity index (χ0) is 14.5. The van der Waals surface area contributed by atoms with E-state index in [9.17, 15) is 4.79 Å². The van der Waals surface area contributed by atoms with Crippen LogP contribution in [0.1, 0.15) is 33.1 Å². The van der Waals surface area contributed by atoms with Crippen molar-refractivity contribution in [2.24, 2.45) is 22.2 Å². The summed E-state index contributed by atoms with van der Waals surface area (Å²) >= 11 is 1.57. The van der Waals surface area contributed by atoms with Gasteiger partial charge >= 0.3 is 0 Å². The lowest BCUT2D eigenvalue weighted by Crippen LogP contribution is -2.81. The summed E-state index contributed by atoms with van der Waals surface area (Å²) in [6.07, 6.45) is 3.50. The van der Waals surface area contributed by atoms with Gasteiger partial charge in [-0.25, -0.2) is 4.98 Å². The molecule has 5 fully saturated rings. The van der Waals surface area contributed by atoms with Gasteiger partial charge in [-0.15, -0.1) is 0 Å². The van der Waals surface area contributed by atoms with Crippen molar-refractivity contribution in [3.05, 3.63) is 24.3 Å². The number of amides is 1. The van der Waals surface area contributed by atoms with E-state index in [0.717, 1.165) is 21.8 Å². The maximum atomic E-state index is 12.9. The van der Waals surface area contributed by atoms with E-state index in [0.29, 0.717) is 11.3 Å². The molecule has 1 heterocycles. The van der Waals surface area contributed by atoms with Gasteiger partial charge in [-0.3, -0.25) is 4.79 Å². The largest absolute Gasteiger partial charge is 0.301 e. The summed E-state index contributed by atoms with van der Waals surface area (Å²) in [5, 5.41) is 3.87. The van der Waals surface area contributed by atoms with Crippen LogP contribution in [-0.2, 0) is 4.79 Å². The van der Waals surface area contributed by atoms with Gasteiger partial charge in [-0.2, -0.15) is 0 Å². The van der Waals surface area contributed by atoms with E-state index in [1.165, 1.54) is 12.8 Å². The summed E-state index contributed by atoms with van der Waals surface area (Å²) in [5.74, 6) is 0.819. The number of nitrogens with one attached hydrogen (secondary N) is 1. The fourth-order valence-electron chi connectivity index (χ4n) is 5.85. The van der Waals surface area contributed by atoms with Gasteiger partial charge in [0.2, 0.25) is 5.91 Å². The number of carbonyl (C=O) groups excluding carboxylic acids is 1. The lowest BCUT2D eigenvalue weighted by atomic mass is 9.21. The second-order valence-corrected chi connectivity index (χ2v) is 8.46. The molecule has 5 saturated carbocycles. The lowest BCUT2D eigenvalue weighted by molar-refractivity contribution is -0.326. The minimum atomic E-state index is -0.0976. The average Bonchev–Trinajstić information content (AvgIpc) is 3.03. The Bertz CT molecular complexity index is 766. The quantitative estimate of drug-likeness (QED) is 0.908. The summed E-state index contributed by atoms with van der Waals surface area (Å²) in [7, 11) is 0. The molecule has 0 saturated heterocycles. The molecular weight excluding hydrogens is 280 g/mol. The first-order chi connectivity index (χ1) is 10.0. The van der Waals surface area contributed by atoms with Crippen LogP contribution < -0.4 is 5.32 Å². The van der Waals surface area contributed by atoms with Gasteiger partial charge in [-0.05, 0) is 48.1 Å². The Labute approximate surface area is 127 Å². The maximum absolute atomic E-state index is 12.9. The Hall–Kier alpha value is -1.42. The van der Waals surface area contributed by atoms with Gasteiger partial charge in [0.25, 0.3) is 0 Å². The predicted octanol–water partition coefficient (Wildman–Crippen LogP) is 4.06. The highest BCUT2D eigenvalue weighted by molar-refractivity contribution is 7.22. The van der Waals surface area contributed by atoms with Crippen molar-refractivity contribution in [2.75, 3.05) is 5.32 Å². The molecule has 7 rings (SSSR count). The molecule has 0 radical (unpaired) electrons. The standard InChI is InChI=1S/C17H18N2OS/c1-15-9-17(12(15)7-8-16(15,17)2)13(20)19-14-18-10-5-3-4-6-11(10)21-14/h3-6,12H,7-9H2,1-2H3,(H,18,19,20)/t12-,15?,16+,17?/m0/s1. The van der Waals surface area contributed by atoms with Crippen LogP contribution in [0.2, 0.25) is 0 Å². The van der Waals surface area contributed by atoms with Crippen LogP contribution in [0, 0.1) is 22.2 Å². The third-order valence-electron chi connectivity index (χ3n) is 7.11. The maximum Gasteiger partial charge on any atom is 0.233 e. The Kier molecular flexibility index (Phi) is 1.92. The van der Waals surface area contributed by atoms with E-state index in [1.54, 1.807) is 11.3 Å². The van der Waals surface area contributed by atoms with Crippen molar-refractivity contribution < 1.29 is 4.79 Å². The van der Waals surface area contributed by atoms with Gasteiger partial charge in [0, 0.05) is 0 Å². The number of rotatable bonds is 2. The van der Waals surface area contributed by atoms with Crippen LogP contribution >= 0.6 is 11.3 Å². The fraction of sp³-hybridized carbons (Fsp3) is 0.529. The molecule has 2 unspecified atom stereocenters. The van der Waals surface area contributed by atoms with Crippen molar-refractivity contribution in [1.29, 1.82) is 0 Å². The average molecular weight is 298 g/mol. The summed E-state index contributed by atoms with van der Waals surface area (Å²) in [6.45, 7) is 4.69. The minimum Gasteiger partial charge on any atom is -0.301 e. The zero-order valence-corrected chi connectivity index (χ0v) is 13.1. The van der Waals surface area contributed by atoms with Crippen LogP contribution in [-0.4, -0.2) is 10.9 Å². The molecule has 4 atom stereocenters. The topological polar surface area (TPSA) is 42.0 Å². The molecule has 2 aromatic rings. The molecule has 1 aromatic carbocycles. The van der Waals surface area contributed by atoms with Crippen molar-refractivity contribution in [3.8, 4) is 0 Å². The molecule has 1 N–H and O–H groups in total. The van der Waals surface area contributed by atoms with Gasteiger partial charge in [-0.1, -0.05) is 37.3 Å². The number of thiazole rings is 1. The molecule has 108 valence electrons. The lowest BCUT2D eigenvalue weighted by Gasteiger charge is -2.81. The molecule has 0 aliphatic heterocycles. The van der Waals surface area contributed by atoms with Crippen LogP contribution in [0.4, 0.5) is 5.13 Å². The molecule has 4 heteroatoms. The smallest absolute Gasteiger partial charge is 0.233 e. The summed E-state index contributed by atoms with van der Waals surface area (Å²) in [4.78, 5) is 17.4. The first-order valence-electron chi connectivity index (χ1n) is 7.68. The van der Waals surface area contributed by atoms with Crippen LogP contribution in [0.25, 0.3) is 10.2 Å². The van der Waals surface area contributed by atoms with E-state index in [1.807, 2.05) is 18.2 Å². The third-order valence-corrected chi connectivity index (χ3v) is 8.06. The number of carbonyl (C=O) groups is 1. The van der Waals surface area contributed by atoms with Gasteiger partial charge in [0.1, 0.15) is 0 Å². The Morgan fingerprint density at radius 1 is 1.38 bits per heavy atom. The Balaban J connectivity index is 1.46.